The first-order chi connectivity index (χ1) is 11.3. The van der Waals surface area contributed by atoms with E-state index in [0.717, 1.165) is 47.6 Å². The molecule has 1 aliphatic heterocycles. The van der Waals surface area contributed by atoms with Crippen LogP contribution in [-0.4, -0.2) is 30.1 Å². The van der Waals surface area contributed by atoms with Crippen LogP contribution in [-0.2, 0) is 9.53 Å². The first kappa shape index (κ1) is 15.1. The molecule has 2 aromatic rings. The molecule has 2 fully saturated rings. The third-order valence-corrected chi connectivity index (χ3v) is 5.95. The lowest BCUT2D eigenvalue weighted by molar-refractivity contribution is -0.122. The minimum atomic E-state index is 0.160. The summed E-state index contributed by atoms with van der Waals surface area (Å²) in [5.74, 6) is 0.417. The number of carbonyl (C=O) groups is 1. The molecule has 1 atom stereocenters. The van der Waals surface area contributed by atoms with Gasteiger partial charge in [0.25, 0.3) is 0 Å². The van der Waals surface area contributed by atoms with Crippen molar-refractivity contribution in [2.45, 2.75) is 44.6 Å². The van der Waals surface area contributed by atoms with Gasteiger partial charge in [0.15, 0.2) is 5.13 Å². The second-order valence-electron chi connectivity index (χ2n) is 6.53. The Labute approximate surface area is 140 Å². The van der Waals surface area contributed by atoms with Gasteiger partial charge >= 0.3 is 0 Å². The molecule has 2 aliphatic rings. The molecule has 23 heavy (non-hydrogen) atoms. The molecule has 4 nitrogen and oxygen atoms in total. The van der Waals surface area contributed by atoms with Crippen molar-refractivity contribution in [1.29, 1.82) is 0 Å². The molecule has 1 amide bonds. The maximum absolute atomic E-state index is 13.0. The van der Waals surface area contributed by atoms with E-state index >= 15 is 0 Å². The number of para-hydroxylation sites is 1. The zero-order chi connectivity index (χ0) is 15.6. The highest BCUT2D eigenvalue weighted by molar-refractivity contribution is 7.22. The summed E-state index contributed by atoms with van der Waals surface area (Å²) in [5, 5.41) is 0.832. The zero-order valence-corrected chi connectivity index (χ0v) is 14.1. The first-order valence-electron chi connectivity index (χ1n) is 8.60. The lowest BCUT2D eigenvalue weighted by atomic mass is 10.1. The van der Waals surface area contributed by atoms with Gasteiger partial charge in [-0.05, 0) is 37.8 Å². The highest BCUT2D eigenvalue weighted by atomic mass is 32.1. The number of ether oxygens (including phenoxy) is 1. The maximum atomic E-state index is 13.0. The minimum absolute atomic E-state index is 0.160. The monoisotopic (exact) mass is 330 g/mol. The zero-order valence-electron chi connectivity index (χ0n) is 13.2. The van der Waals surface area contributed by atoms with Gasteiger partial charge in [-0.25, -0.2) is 4.98 Å². The molecular weight excluding hydrogens is 308 g/mol. The summed E-state index contributed by atoms with van der Waals surface area (Å²) in [6.45, 7) is 1.46. The van der Waals surface area contributed by atoms with Crippen molar-refractivity contribution >= 4 is 32.6 Å². The summed E-state index contributed by atoms with van der Waals surface area (Å²) in [5.41, 5.74) is 0.976. The average molecular weight is 330 g/mol. The van der Waals surface area contributed by atoms with E-state index in [1.54, 1.807) is 11.3 Å². The number of aromatic nitrogens is 1. The molecule has 1 unspecified atom stereocenters. The molecule has 1 saturated heterocycles. The van der Waals surface area contributed by atoms with E-state index in [2.05, 4.69) is 6.07 Å². The number of carbonyl (C=O) groups excluding carboxylic acids is 1. The Hall–Kier alpha value is -1.46. The minimum Gasteiger partial charge on any atom is -0.376 e. The Morgan fingerprint density at radius 3 is 2.78 bits per heavy atom. The molecule has 2 heterocycles. The SMILES string of the molecule is O=C(C1CCCC1)N(CC1CCCO1)c1nc2ccccc2s1. The van der Waals surface area contributed by atoms with Crippen LogP contribution in [0.3, 0.4) is 0 Å². The van der Waals surface area contributed by atoms with Gasteiger partial charge < -0.3 is 4.74 Å². The number of anilines is 1. The number of hydrogen-bond acceptors (Lipinski definition) is 4. The first-order valence-corrected chi connectivity index (χ1v) is 9.41. The fourth-order valence-corrected chi connectivity index (χ4v) is 4.60. The Morgan fingerprint density at radius 2 is 2.04 bits per heavy atom. The van der Waals surface area contributed by atoms with Crippen LogP contribution in [0.5, 0.6) is 0 Å². The molecule has 1 aromatic heterocycles. The van der Waals surface area contributed by atoms with Crippen molar-refractivity contribution in [3.8, 4) is 0 Å². The lowest BCUT2D eigenvalue weighted by Crippen LogP contribution is -2.40. The summed E-state index contributed by atoms with van der Waals surface area (Å²) in [7, 11) is 0. The summed E-state index contributed by atoms with van der Waals surface area (Å²) in [6.07, 6.45) is 6.67. The molecule has 1 aliphatic carbocycles. The quantitative estimate of drug-likeness (QED) is 0.851. The van der Waals surface area contributed by atoms with Crippen molar-refractivity contribution in [3.63, 3.8) is 0 Å². The molecule has 4 rings (SSSR count). The number of fused-ring (bicyclic) bond motifs is 1. The summed E-state index contributed by atoms with van der Waals surface area (Å²) >= 11 is 1.61. The molecule has 1 aromatic carbocycles. The topological polar surface area (TPSA) is 42.4 Å². The molecular formula is C18H22N2O2S. The van der Waals surface area contributed by atoms with E-state index < -0.39 is 0 Å². The van der Waals surface area contributed by atoms with Crippen molar-refractivity contribution in [2.75, 3.05) is 18.1 Å². The Balaban J connectivity index is 1.63. The summed E-state index contributed by atoms with van der Waals surface area (Å²) in [6, 6.07) is 8.10. The van der Waals surface area contributed by atoms with Crippen LogP contribution in [0.2, 0.25) is 0 Å². The van der Waals surface area contributed by atoms with Gasteiger partial charge in [-0.15, -0.1) is 0 Å². The van der Waals surface area contributed by atoms with E-state index in [-0.39, 0.29) is 17.9 Å². The Bertz CT molecular complexity index is 654. The Kier molecular flexibility index (Phi) is 4.31. The van der Waals surface area contributed by atoms with Gasteiger partial charge in [0.2, 0.25) is 5.91 Å². The molecule has 122 valence electrons. The predicted molar refractivity (Wildman–Crippen MR) is 92.9 cm³/mol. The molecule has 0 spiro atoms. The third kappa shape index (κ3) is 3.12. The van der Waals surface area contributed by atoms with Crippen LogP contribution in [0.25, 0.3) is 10.2 Å². The van der Waals surface area contributed by atoms with Gasteiger partial charge in [-0.1, -0.05) is 36.3 Å². The van der Waals surface area contributed by atoms with Crippen LogP contribution in [0, 0.1) is 5.92 Å². The second kappa shape index (κ2) is 6.57. The van der Waals surface area contributed by atoms with E-state index in [0.29, 0.717) is 6.54 Å². The highest BCUT2D eigenvalue weighted by Gasteiger charge is 2.32. The normalized spacial score (nSPS) is 22.0. The van der Waals surface area contributed by atoms with E-state index in [1.165, 1.54) is 12.8 Å². The van der Waals surface area contributed by atoms with E-state index in [4.69, 9.17) is 9.72 Å². The number of amides is 1. The van der Waals surface area contributed by atoms with Crippen LogP contribution in [0.4, 0.5) is 5.13 Å². The van der Waals surface area contributed by atoms with Crippen molar-refractivity contribution in [1.82, 2.24) is 4.98 Å². The van der Waals surface area contributed by atoms with Gasteiger partial charge in [0.05, 0.1) is 22.9 Å². The van der Waals surface area contributed by atoms with Gasteiger partial charge in [-0.2, -0.15) is 0 Å². The van der Waals surface area contributed by atoms with E-state index in [9.17, 15) is 4.79 Å². The second-order valence-corrected chi connectivity index (χ2v) is 7.54. The van der Waals surface area contributed by atoms with Crippen LogP contribution in [0.1, 0.15) is 38.5 Å². The Morgan fingerprint density at radius 1 is 1.22 bits per heavy atom. The number of rotatable bonds is 4. The molecule has 0 N–H and O–H groups in total. The van der Waals surface area contributed by atoms with Crippen LogP contribution >= 0.6 is 11.3 Å². The van der Waals surface area contributed by atoms with Gasteiger partial charge in [-0.3, -0.25) is 9.69 Å². The summed E-state index contributed by atoms with van der Waals surface area (Å²) in [4.78, 5) is 19.7. The predicted octanol–water partition coefficient (Wildman–Crippen LogP) is 4.00. The molecule has 0 bridgehead atoms. The highest BCUT2D eigenvalue weighted by Crippen LogP contribution is 2.33. The number of hydrogen-bond donors (Lipinski definition) is 0. The number of thiazole rings is 1. The van der Waals surface area contributed by atoms with Gasteiger partial charge in [0.1, 0.15) is 0 Å². The molecule has 0 radical (unpaired) electrons. The number of benzene rings is 1. The van der Waals surface area contributed by atoms with Gasteiger partial charge in [0, 0.05) is 12.5 Å². The molecule has 1 saturated carbocycles. The fraction of sp³-hybridized carbons (Fsp3) is 0.556. The largest absolute Gasteiger partial charge is 0.376 e. The average Bonchev–Trinajstić information content (AvgIpc) is 3.32. The maximum Gasteiger partial charge on any atom is 0.231 e. The summed E-state index contributed by atoms with van der Waals surface area (Å²) < 4.78 is 6.91. The van der Waals surface area contributed by atoms with Crippen LogP contribution < -0.4 is 4.90 Å². The fourth-order valence-electron chi connectivity index (χ4n) is 3.62. The number of nitrogens with zero attached hydrogens (tertiary/aromatic N) is 2. The van der Waals surface area contributed by atoms with Crippen molar-refractivity contribution in [3.05, 3.63) is 24.3 Å². The lowest BCUT2D eigenvalue weighted by Gasteiger charge is -2.25. The van der Waals surface area contributed by atoms with E-state index in [1.807, 2.05) is 23.1 Å². The third-order valence-electron chi connectivity index (χ3n) is 4.89. The van der Waals surface area contributed by atoms with Crippen molar-refractivity contribution < 1.29 is 9.53 Å². The smallest absolute Gasteiger partial charge is 0.231 e. The van der Waals surface area contributed by atoms with Crippen LogP contribution in [0.15, 0.2) is 24.3 Å². The standard InChI is InChI=1S/C18H22N2O2S/c21-17(13-6-1-2-7-13)20(12-14-8-5-11-22-14)18-19-15-9-3-4-10-16(15)23-18/h3-4,9-10,13-14H,1-2,5-8,11-12H2. The van der Waals surface area contributed by atoms with Crippen molar-refractivity contribution in [2.24, 2.45) is 5.92 Å². The molecule has 5 heteroatoms.